The van der Waals surface area contributed by atoms with Gasteiger partial charge in [-0.1, -0.05) is 12.1 Å². The topological polar surface area (TPSA) is 55.1 Å². The number of likely N-dealkylation sites (tertiary alicyclic amines) is 1. The maximum Gasteiger partial charge on any atom is 0.342 e. The smallest absolute Gasteiger partial charge is 0.342 e. The minimum Gasteiger partial charge on any atom is -0.347 e. The van der Waals surface area contributed by atoms with Crippen LogP contribution >= 0.6 is 0 Å². The van der Waals surface area contributed by atoms with E-state index >= 15 is 0 Å². The van der Waals surface area contributed by atoms with Crippen molar-refractivity contribution in [1.82, 2.24) is 24.6 Å². The van der Waals surface area contributed by atoms with Crippen LogP contribution in [0.1, 0.15) is 41.8 Å². The minimum absolute atomic E-state index is 0.114. The number of amides is 1. The summed E-state index contributed by atoms with van der Waals surface area (Å²) in [6.45, 7) is 7.90. The number of piperidine rings is 1. The lowest BCUT2D eigenvalue weighted by atomic mass is 9.74. The maximum atomic E-state index is 12.8. The molecule has 1 aromatic carbocycles. The third-order valence-corrected chi connectivity index (χ3v) is 6.79. The van der Waals surface area contributed by atoms with Gasteiger partial charge in [-0.3, -0.25) is 0 Å². The molecule has 152 valence electrons. The van der Waals surface area contributed by atoms with Crippen LogP contribution in [0, 0.1) is 13.8 Å². The van der Waals surface area contributed by atoms with E-state index in [0.29, 0.717) is 12.0 Å². The predicted octanol–water partition coefficient (Wildman–Crippen LogP) is 3.44. The first-order valence-electron chi connectivity index (χ1n) is 10.6. The summed E-state index contributed by atoms with van der Waals surface area (Å²) >= 11 is 0. The fourth-order valence-corrected chi connectivity index (χ4v) is 5.56. The first-order chi connectivity index (χ1) is 14.0. The van der Waals surface area contributed by atoms with Crippen LogP contribution in [-0.4, -0.2) is 51.0 Å². The van der Waals surface area contributed by atoms with Crippen LogP contribution in [0.15, 0.2) is 30.5 Å². The van der Waals surface area contributed by atoms with Gasteiger partial charge in [0.15, 0.2) is 0 Å². The maximum absolute atomic E-state index is 12.8. The number of rotatable bonds is 2. The summed E-state index contributed by atoms with van der Waals surface area (Å²) in [6.07, 6.45) is 4.39. The van der Waals surface area contributed by atoms with E-state index in [2.05, 4.69) is 58.2 Å². The largest absolute Gasteiger partial charge is 0.347 e. The quantitative estimate of drug-likeness (QED) is 0.728. The van der Waals surface area contributed by atoms with Crippen molar-refractivity contribution in [1.29, 1.82) is 0 Å². The second kappa shape index (κ2) is 6.73. The molecule has 0 spiro atoms. The zero-order valence-corrected chi connectivity index (χ0v) is 17.6. The summed E-state index contributed by atoms with van der Waals surface area (Å²) in [6, 6.07) is 9.13. The molecule has 29 heavy (non-hydrogen) atoms. The van der Waals surface area contributed by atoms with Crippen LogP contribution in [0.3, 0.4) is 0 Å². The van der Waals surface area contributed by atoms with Crippen LogP contribution in [0.5, 0.6) is 0 Å². The van der Waals surface area contributed by atoms with E-state index in [-0.39, 0.29) is 12.1 Å². The highest BCUT2D eigenvalue weighted by Crippen LogP contribution is 2.43. The number of carbonyl (C=O) groups excluding carboxylic acids is 1. The van der Waals surface area contributed by atoms with Gasteiger partial charge in [-0.05, 0) is 63.9 Å². The van der Waals surface area contributed by atoms with Crippen LogP contribution in [0.25, 0.3) is 10.9 Å². The number of aromatic nitrogens is 3. The van der Waals surface area contributed by atoms with Crippen LogP contribution in [0.2, 0.25) is 0 Å². The first kappa shape index (κ1) is 18.4. The Morgan fingerprint density at radius 2 is 2.14 bits per heavy atom. The minimum atomic E-state index is -0.126. The Bertz CT molecular complexity index is 1090. The molecular formula is C23H29N5O. The van der Waals surface area contributed by atoms with Crippen molar-refractivity contribution in [3.8, 4) is 0 Å². The number of fused-ring (bicyclic) bond motifs is 2. The highest BCUT2D eigenvalue weighted by Gasteiger charge is 2.40. The molecule has 0 bridgehead atoms. The molecule has 0 radical (unpaired) electrons. The molecule has 1 N–H and O–H groups in total. The molecule has 6 heteroatoms. The second-order valence-corrected chi connectivity index (χ2v) is 8.72. The molecule has 0 unspecified atom stereocenters. The van der Waals surface area contributed by atoms with Crippen LogP contribution < -0.4 is 5.32 Å². The number of nitrogens with one attached hydrogen (secondary N) is 1. The number of aryl methyl sites for hydroxylation is 3. The summed E-state index contributed by atoms with van der Waals surface area (Å²) in [4.78, 5) is 15.2. The van der Waals surface area contributed by atoms with Crippen molar-refractivity contribution < 1.29 is 4.79 Å². The number of hydrogen-bond acceptors (Lipinski definition) is 3. The lowest BCUT2D eigenvalue weighted by Gasteiger charge is -2.45. The second-order valence-electron chi connectivity index (χ2n) is 8.72. The van der Waals surface area contributed by atoms with Crippen molar-refractivity contribution >= 4 is 16.9 Å². The van der Waals surface area contributed by atoms with Gasteiger partial charge >= 0.3 is 6.03 Å². The van der Waals surface area contributed by atoms with Crippen molar-refractivity contribution in [3.63, 3.8) is 0 Å². The molecule has 1 saturated heterocycles. The van der Waals surface area contributed by atoms with Gasteiger partial charge in [0.2, 0.25) is 0 Å². The normalized spacial score (nSPS) is 23.9. The lowest BCUT2D eigenvalue weighted by molar-refractivity contribution is 0.128. The third kappa shape index (κ3) is 2.89. The summed E-state index contributed by atoms with van der Waals surface area (Å²) in [7, 11) is 2.20. The molecule has 1 fully saturated rings. The van der Waals surface area contributed by atoms with E-state index in [1.807, 2.05) is 19.9 Å². The molecule has 6 nitrogen and oxygen atoms in total. The van der Waals surface area contributed by atoms with Gasteiger partial charge < -0.3 is 14.8 Å². The van der Waals surface area contributed by atoms with Gasteiger partial charge in [0.25, 0.3) is 0 Å². The Labute approximate surface area is 171 Å². The number of carbonyl (C=O) groups is 1. The van der Waals surface area contributed by atoms with Gasteiger partial charge in [-0.2, -0.15) is 9.78 Å². The molecular weight excluding hydrogens is 362 g/mol. The molecule has 0 saturated carbocycles. The predicted molar refractivity (Wildman–Crippen MR) is 115 cm³/mol. The van der Waals surface area contributed by atoms with Gasteiger partial charge in [0.1, 0.15) is 0 Å². The summed E-state index contributed by atoms with van der Waals surface area (Å²) in [5, 5.41) is 9.02. The summed E-state index contributed by atoms with van der Waals surface area (Å²) < 4.78 is 3.86. The van der Waals surface area contributed by atoms with Crippen molar-refractivity contribution in [2.45, 2.75) is 58.2 Å². The van der Waals surface area contributed by atoms with Gasteiger partial charge in [-0.15, -0.1) is 0 Å². The van der Waals surface area contributed by atoms with Gasteiger partial charge in [0.05, 0.1) is 5.69 Å². The zero-order valence-electron chi connectivity index (χ0n) is 17.6. The molecule has 3 heterocycles. The lowest BCUT2D eigenvalue weighted by Crippen LogP contribution is -2.55. The van der Waals surface area contributed by atoms with Crippen molar-refractivity contribution in [2.75, 3.05) is 13.6 Å². The fourth-order valence-electron chi connectivity index (χ4n) is 5.56. The molecule has 1 amide bonds. The monoisotopic (exact) mass is 391 g/mol. The molecule has 1 aliphatic carbocycles. The average Bonchev–Trinajstić information content (AvgIpc) is 3.23. The summed E-state index contributed by atoms with van der Waals surface area (Å²) in [5.41, 5.74) is 5.99. The Morgan fingerprint density at radius 1 is 1.31 bits per heavy atom. The molecule has 3 atom stereocenters. The Balaban J connectivity index is 1.45. The molecule has 1 aliphatic heterocycles. The van der Waals surface area contributed by atoms with Gasteiger partial charge in [0, 0.05) is 53.9 Å². The zero-order chi connectivity index (χ0) is 20.3. The Hall–Kier alpha value is -2.60. The van der Waals surface area contributed by atoms with E-state index in [1.54, 1.807) is 0 Å². The molecule has 5 rings (SSSR count). The molecule has 3 aromatic rings. The number of benzene rings is 1. The Kier molecular flexibility index (Phi) is 4.28. The van der Waals surface area contributed by atoms with Crippen LogP contribution in [0.4, 0.5) is 4.79 Å². The average molecular weight is 392 g/mol. The van der Waals surface area contributed by atoms with E-state index in [1.165, 1.54) is 26.7 Å². The molecule has 2 aromatic heterocycles. The van der Waals surface area contributed by atoms with Gasteiger partial charge in [-0.25, -0.2) is 4.79 Å². The van der Waals surface area contributed by atoms with E-state index in [0.717, 1.165) is 37.3 Å². The van der Waals surface area contributed by atoms with E-state index < -0.39 is 0 Å². The number of likely N-dealkylation sites (N-methyl/N-ethyl adjacent to an activating group) is 1. The van der Waals surface area contributed by atoms with Crippen LogP contribution in [-0.2, 0) is 13.0 Å². The fraction of sp³-hybridized carbons (Fsp3) is 0.478. The number of nitrogens with zero attached hydrogens (tertiary/aromatic N) is 4. The summed E-state index contributed by atoms with van der Waals surface area (Å²) in [5.74, 6) is 0.434. The number of hydrogen-bond donors (Lipinski definition) is 1. The Morgan fingerprint density at radius 3 is 2.86 bits per heavy atom. The SMILES string of the molecule is CCn1cc2c3c(cccc31)[C@H]1C[C@@H](NC(=O)n3nc(C)cc3C)CN(C)[C@@H]1C2. The first-order valence-corrected chi connectivity index (χ1v) is 10.6. The highest BCUT2D eigenvalue weighted by molar-refractivity contribution is 5.89. The van der Waals surface area contributed by atoms with E-state index in [4.69, 9.17) is 0 Å². The standard InChI is InChI=1S/C23H29N5O/c1-5-27-12-16-10-21-19(18-7-6-8-20(27)22(16)18)11-17(13-26(21)4)24-23(29)28-15(3)9-14(2)25-28/h6-9,12,17,19,21H,5,10-11,13H2,1-4H3,(H,24,29)/t17-,19-,21-/m1/s1. The van der Waals surface area contributed by atoms with Crippen molar-refractivity contribution in [3.05, 3.63) is 53.0 Å². The van der Waals surface area contributed by atoms with Crippen molar-refractivity contribution in [2.24, 2.45) is 0 Å². The highest BCUT2D eigenvalue weighted by atomic mass is 16.2. The third-order valence-electron chi connectivity index (χ3n) is 6.79. The van der Waals surface area contributed by atoms with E-state index in [9.17, 15) is 4.79 Å². The molecule has 2 aliphatic rings.